The second-order valence-corrected chi connectivity index (χ2v) is 6.12. The predicted molar refractivity (Wildman–Crippen MR) is 96.5 cm³/mol. The molecule has 0 aliphatic carbocycles. The number of benzene rings is 1. The molecule has 0 saturated carbocycles. The van der Waals surface area contributed by atoms with E-state index < -0.39 is 11.9 Å². The summed E-state index contributed by atoms with van der Waals surface area (Å²) in [6.07, 6.45) is 1.83. The topological polar surface area (TPSA) is 103 Å². The molecule has 0 saturated heterocycles. The zero-order valence-electron chi connectivity index (χ0n) is 14.4. The van der Waals surface area contributed by atoms with Gasteiger partial charge in [0, 0.05) is 24.2 Å². The Morgan fingerprint density at radius 1 is 1.22 bits per heavy atom. The minimum absolute atomic E-state index is 0.107. The number of hydrogen-bond donors (Lipinski definition) is 2. The lowest BCUT2D eigenvalue weighted by Gasteiger charge is -2.26. The van der Waals surface area contributed by atoms with Crippen LogP contribution in [0.5, 0.6) is 5.88 Å². The molecule has 1 aliphatic heterocycles. The highest BCUT2D eigenvalue weighted by Crippen LogP contribution is 2.33. The van der Waals surface area contributed by atoms with Crippen LogP contribution in [0.2, 0.25) is 0 Å². The highest BCUT2D eigenvalue weighted by molar-refractivity contribution is 5.96. The Kier molecular flexibility index (Phi) is 4.15. The molecule has 27 heavy (non-hydrogen) atoms. The van der Waals surface area contributed by atoms with Crippen molar-refractivity contribution in [2.45, 2.75) is 12.5 Å². The summed E-state index contributed by atoms with van der Waals surface area (Å²) < 4.78 is 19.1. The molecule has 1 aromatic carbocycles. The molecule has 0 fully saturated rings. The van der Waals surface area contributed by atoms with Crippen molar-refractivity contribution in [1.82, 2.24) is 20.3 Å². The fourth-order valence-corrected chi connectivity index (χ4v) is 3.18. The number of carbonyl (C=O) groups excluding carboxylic acids is 1. The summed E-state index contributed by atoms with van der Waals surface area (Å²) in [6.45, 7) is 0. The number of ether oxygens (including phenoxy) is 1. The number of pyridine rings is 1. The summed E-state index contributed by atoms with van der Waals surface area (Å²) in [4.78, 5) is 24.9. The lowest BCUT2D eigenvalue weighted by molar-refractivity contribution is 0.0923. The van der Waals surface area contributed by atoms with E-state index in [1.54, 1.807) is 24.3 Å². The molecular formula is C19H16FN5O2. The molecule has 3 heterocycles. The number of rotatable bonds is 3. The van der Waals surface area contributed by atoms with Crippen LogP contribution in [-0.4, -0.2) is 28.0 Å². The van der Waals surface area contributed by atoms with Crippen LogP contribution in [-0.2, 0) is 6.42 Å². The fourth-order valence-electron chi connectivity index (χ4n) is 3.18. The summed E-state index contributed by atoms with van der Waals surface area (Å²) in [7, 11) is 1.51. The molecule has 0 bridgehead atoms. The molecule has 1 unspecified atom stereocenters. The van der Waals surface area contributed by atoms with Crippen molar-refractivity contribution in [3.05, 3.63) is 65.2 Å². The molecule has 1 amide bonds. The second kappa shape index (κ2) is 6.64. The number of nitrogen functional groups attached to an aromatic ring is 1. The van der Waals surface area contributed by atoms with Crippen molar-refractivity contribution < 1.29 is 13.9 Å². The maximum Gasteiger partial charge on any atom is 0.255 e. The van der Waals surface area contributed by atoms with E-state index in [2.05, 4.69) is 20.3 Å². The minimum atomic E-state index is -0.400. The Balaban J connectivity index is 1.80. The van der Waals surface area contributed by atoms with E-state index in [0.29, 0.717) is 34.8 Å². The largest absolute Gasteiger partial charge is 0.481 e. The molecule has 1 atom stereocenters. The van der Waals surface area contributed by atoms with Crippen molar-refractivity contribution >= 4 is 11.9 Å². The molecule has 1 aliphatic rings. The van der Waals surface area contributed by atoms with Crippen LogP contribution in [0.1, 0.15) is 27.7 Å². The number of methoxy groups -OCH3 is 1. The smallest absolute Gasteiger partial charge is 0.255 e. The van der Waals surface area contributed by atoms with Crippen LogP contribution in [0.3, 0.4) is 0 Å². The summed E-state index contributed by atoms with van der Waals surface area (Å²) in [6, 6.07) is 9.25. The molecule has 2 aromatic heterocycles. The number of aromatic nitrogens is 3. The molecule has 0 radical (unpaired) electrons. The zero-order chi connectivity index (χ0) is 19.0. The fraction of sp³-hybridized carbons (Fsp3) is 0.158. The number of halogens is 1. The zero-order valence-corrected chi connectivity index (χ0v) is 14.4. The van der Waals surface area contributed by atoms with Crippen LogP contribution < -0.4 is 15.8 Å². The van der Waals surface area contributed by atoms with E-state index in [4.69, 9.17) is 10.5 Å². The van der Waals surface area contributed by atoms with Gasteiger partial charge < -0.3 is 15.8 Å². The minimum Gasteiger partial charge on any atom is -0.481 e. The molecule has 136 valence electrons. The van der Waals surface area contributed by atoms with Gasteiger partial charge in [-0.1, -0.05) is 12.1 Å². The van der Waals surface area contributed by atoms with E-state index in [1.807, 2.05) is 0 Å². The quantitative estimate of drug-likeness (QED) is 0.738. The number of anilines is 1. The van der Waals surface area contributed by atoms with Gasteiger partial charge in [-0.25, -0.2) is 19.3 Å². The molecule has 3 aromatic rings. The summed E-state index contributed by atoms with van der Waals surface area (Å²) in [5.41, 5.74) is 8.46. The number of nitrogens with zero attached hydrogens (tertiary/aromatic N) is 3. The van der Waals surface area contributed by atoms with E-state index >= 15 is 0 Å². The average molecular weight is 365 g/mol. The van der Waals surface area contributed by atoms with Crippen LogP contribution >= 0.6 is 0 Å². The number of hydrogen-bond acceptors (Lipinski definition) is 6. The van der Waals surface area contributed by atoms with Crippen molar-refractivity contribution in [3.8, 4) is 17.1 Å². The van der Waals surface area contributed by atoms with Gasteiger partial charge in [0.2, 0.25) is 11.8 Å². The Hall–Kier alpha value is -3.55. The first-order valence-corrected chi connectivity index (χ1v) is 8.28. The third kappa shape index (κ3) is 3.17. The Morgan fingerprint density at radius 2 is 2.07 bits per heavy atom. The van der Waals surface area contributed by atoms with Crippen LogP contribution in [0.25, 0.3) is 11.3 Å². The number of fused-ring (bicyclic) bond motifs is 1. The van der Waals surface area contributed by atoms with Crippen LogP contribution in [0.4, 0.5) is 10.3 Å². The maximum atomic E-state index is 14.0. The van der Waals surface area contributed by atoms with Gasteiger partial charge in [-0.2, -0.15) is 0 Å². The summed E-state index contributed by atoms with van der Waals surface area (Å²) in [5.74, 6) is -0.167. The first-order chi connectivity index (χ1) is 13.0. The van der Waals surface area contributed by atoms with Crippen LogP contribution in [0.15, 0.2) is 42.6 Å². The lowest BCUT2D eigenvalue weighted by atomic mass is 9.91. The SMILES string of the molecule is COc1cccc(-c2cc(F)ccc2C2Cc3nc(N)ncc3C(=O)N2)n1. The van der Waals surface area contributed by atoms with Crippen molar-refractivity contribution in [2.75, 3.05) is 12.8 Å². The van der Waals surface area contributed by atoms with Crippen molar-refractivity contribution in [2.24, 2.45) is 0 Å². The van der Waals surface area contributed by atoms with Crippen molar-refractivity contribution in [1.29, 1.82) is 0 Å². The van der Waals surface area contributed by atoms with Gasteiger partial charge in [0.25, 0.3) is 5.91 Å². The number of amides is 1. The molecule has 7 nitrogen and oxygen atoms in total. The summed E-state index contributed by atoms with van der Waals surface area (Å²) >= 11 is 0. The van der Waals surface area contributed by atoms with E-state index in [0.717, 1.165) is 5.56 Å². The first kappa shape index (κ1) is 16.9. The summed E-state index contributed by atoms with van der Waals surface area (Å²) in [5, 5.41) is 2.93. The van der Waals surface area contributed by atoms with E-state index in [9.17, 15) is 9.18 Å². The monoisotopic (exact) mass is 365 g/mol. The number of carbonyl (C=O) groups is 1. The molecule has 4 rings (SSSR count). The third-order valence-electron chi connectivity index (χ3n) is 4.43. The third-order valence-corrected chi connectivity index (χ3v) is 4.43. The average Bonchev–Trinajstić information content (AvgIpc) is 2.67. The number of nitrogens with two attached hydrogens (primary N) is 1. The van der Waals surface area contributed by atoms with Gasteiger partial charge in [-0.05, 0) is 23.8 Å². The number of nitrogens with one attached hydrogen (secondary N) is 1. The van der Waals surface area contributed by atoms with Gasteiger partial charge in [0.1, 0.15) is 5.82 Å². The van der Waals surface area contributed by atoms with Gasteiger partial charge in [0.05, 0.1) is 30.1 Å². The highest BCUT2D eigenvalue weighted by Gasteiger charge is 2.29. The Bertz CT molecular complexity index is 1040. The van der Waals surface area contributed by atoms with E-state index in [1.165, 1.54) is 25.4 Å². The van der Waals surface area contributed by atoms with Gasteiger partial charge >= 0.3 is 0 Å². The Labute approximate surface area is 154 Å². The van der Waals surface area contributed by atoms with Gasteiger partial charge in [-0.15, -0.1) is 0 Å². The second-order valence-electron chi connectivity index (χ2n) is 6.12. The molecule has 0 spiro atoms. The molecule has 8 heteroatoms. The van der Waals surface area contributed by atoms with Crippen LogP contribution in [0, 0.1) is 5.82 Å². The highest BCUT2D eigenvalue weighted by atomic mass is 19.1. The van der Waals surface area contributed by atoms with Gasteiger partial charge in [-0.3, -0.25) is 4.79 Å². The normalized spacial score (nSPS) is 15.8. The van der Waals surface area contributed by atoms with Gasteiger partial charge in [0.15, 0.2) is 0 Å². The Morgan fingerprint density at radius 3 is 2.89 bits per heavy atom. The first-order valence-electron chi connectivity index (χ1n) is 8.28. The molecular weight excluding hydrogens is 349 g/mol. The van der Waals surface area contributed by atoms with E-state index in [-0.39, 0.29) is 11.9 Å². The van der Waals surface area contributed by atoms with Crippen molar-refractivity contribution in [3.63, 3.8) is 0 Å². The predicted octanol–water partition coefficient (Wildman–Crippen LogP) is 2.30. The lowest BCUT2D eigenvalue weighted by Crippen LogP contribution is -2.36. The maximum absolute atomic E-state index is 14.0. The molecule has 3 N–H and O–H groups in total. The standard InChI is InChI=1S/C19H16FN5O2/c1-27-17-4-2-3-14(23-17)12-7-10(20)5-6-11(12)15-8-16-13(18(26)24-15)9-22-19(21)25-16/h2-7,9,15H,8H2,1H3,(H,24,26)(H2,21,22,25).